The van der Waals surface area contributed by atoms with Crippen LogP contribution in [-0.4, -0.2) is 34.5 Å². The topological polar surface area (TPSA) is 57.6 Å². The van der Waals surface area contributed by atoms with Crippen molar-refractivity contribution in [3.05, 3.63) is 35.6 Å². The van der Waals surface area contributed by atoms with Gasteiger partial charge in [0, 0.05) is 12.6 Å². The van der Waals surface area contributed by atoms with Crippen LogP contribution in [0, 0.1) is 11.7 Å². The van der Waals surface area contributed by atoms with E-state index in [0.29, 0.717) is 19.4 Å². The Labute approximate surface area is 123 Å². The number of aliphatic carboxylic acids is 1. The number of carboxylic acids is 1. The molecule has 1 saturated heterocycles. The summed E-state index contributed by atoms with van der Waals surface area (Å²) in [5.41, 5.74) is 0.773. The predicted molar refractivity (Wildman–Crippen MR) is 76.3 cm³/mol. The van der Waals surface area contributed by atoms with Gasteiger partial charge >= 0.3 is 5.97 Å². The average molecular weight is 293 g/mol. The second-order valence-corrected chi connectivity index (χ2v) is 5.52. The number of benzene rings is 1. The van der Waals surface area contributed by atoms with E-state index >= 15 is 0 Å². The largest absolute Gasteiger partial charge is 0.481 e. The molecule has 0 radical (unpaired) electrons. The molecule has 1 fully saturated rings. The Balaban J connectivity index is 2.17. The molecule has 1 aliphatic heterocycles. The highest BCUT2D eigenvalue weighted by Gasteiger charge is 2.40. The highest BCUT2D eigenvalue weighted by atomic mass is 19.1. The summed E-state index contributed by atoms with van der Waals surface area (Å²) >= 11 is 0. The standard InChI is InChI=1S/C16H20FNO3/c1-3-13(11-4-6-12(17)7-5-11)15(19)18-9-8-14(10(18)2)16(20)21/h4-7,10,13-14H,3,8-9H2,1-2H3,(H,20,21). The lowest BCUT2D eigenvalue weighted by Gasteiger charge is -2.27. The van der Waals surface area contributed by atoms with Crippen molar-refractivity contribution in [3.8, 4) is 0 Å². The zero-order valence-electron chi connectivity index (χ0n) is 12.3. The van der Waals surface area contributed by atoms with Gasteiger partial charge in [-0.05, 0) is 37.5 Å². The maximum Gasteiger partial charge on any atom is 0.308 e. The van der Waals surface area contributed by atoms with Crippen molar-refractivity contribution in [1.29, 1.82) is 0 Å². The van der Waals surface area contributed by atoms with Gasteiger partial charge in [-0.25, -0.2) is 4.39 Å². The lowest BCUT2D eigenvalue weighted by Crippen LogP contribution is -2.40. The Morgan fingerprint density at radius 2 is 2.00 bits per heavy atom. The fraction of sp³-hybridized carbons (Fsp3) is 0.500. The molecule has 0 aromatic heterocycles. The molecule has 3 unspecified atom stereocenters. The van der Waals surface area contributed by atoms with Crippen LogP contribution >= 0.6 is 0 Å². The third-order valence-corrected chi connectivity index (χ3v) is 4.33. The molecule has 1 N–H and O–H groups in total. The highest BCUT2D eigenvalue weighted by molar-refractivity contribution is 5.85. The molecule has 0 bridgehead atoms. The first-order valence-electron chi connectivity index (χ1n) is 7.24. The summed E-state index contributed by atoms with van der Waals surface area (Å²) in [6, 6.07) is 5.63. The molecule has 0 saturated carbocycles. The van der Waals surface area contributed by atoms with Crippen LogP contribution in [0.4, 0.5) is 4.39 Å². The van der Waals surface area contributed by atoms with Crippen LogP contribution in [-0.2, 0) is 9.59 Å². The predicted octanol–water partition coefficient (Wildman–Crippen LogP) is 2.64. The van der Waals surface area contributed by atoms with Gasteiger partial charge in [-0.1, -0.05) is 19.1 Å². The van der Waals surface area contributed by atoms with Gasteiger partial charge in [0.1, 0.15) is 5.82 Å². The van der Waals surface area contributed by atoms with E-state index in [0.717, 1.165) is 5.56 Å². The van der Waals surface area contributed by atoms with E-state index in [-0.39, 0.29) is 23.7 Å². The van der Waals surface area contributed by atoms with E-state index in [1.807, 2.05) is 6.92 Å². The fourth-order valence-electron chi connectivity index (χ4n) is 3.03. The van der Waals surface area contributed by atoms with Crippen LogP contribution in [0.2, 0.25) is 0 Å². The summed E-state index contributed by atoms with van der Waals surface area (Å²) in [4.78, 5) is 25.5. The van der Waals surface area contributed by atoms with E-state index in [4.69, 9.17) is 5.11 Å². The third kappa shape index (κ3) is 3.06. The molecule has 1 heterocycles. The highest BCUT2D eigenvalue weighted by Crippen LogP contribution is 2.30. The van der Waals surface area contributed by atoms with Crippen molar-refractivity contribution in [2.45, 2.75) is 38.6 Å². The number of hydrogen-bond donors (Lipinski definition) is 1. The summed E-state index contributed by atoms with van der Waals surface area (Å²) in [6.45, 7) is 4.15. The fourth-order valence-corrected chi connectivity index (χ4v) is 3.03. The second-order valence-electron chi connectivity index (χ2n) is 5.52. The third-order valence-electron chi connectivity index (χ3n) is 4.33. The molecule has 2 rings (SSSR count). The molecule has 1 aromatic rings. The number of likely N-dealkylation sites (tertiary alicyclic amines) is 1. The molecule has 5 heteroatoms. The minimum Gasteiger partial charge on any atom is -0.481 e. The number of amides is 1. The quantitative estimate of drug-likeness (QED) is 0.928. The molecule has 114 valence electrons. The van der Waals surface area contributed by atoms with Gasteiger partial charge in [0.25, 0.3) is 0 Å². The number of carbonyl (C=O) groups excluding carboxylic acids is 1. The summed E-state index contributed by atoms with van der Waals surface area (Å²) in [6.07, 6.45) is 1.09. The van der Waals surface area contributed by atoms with Gasteiger partial charge < -0.3 is 10.0 Å². The van der Waals surface area contributed by atoms with E-state index in [1.165, 1.54) is 12.1 Å². The van der Waals surface area contributed by atoms with E-state index < -0.39 is 11.9 Å². The first-order chi connectivity index (χ1) is 9.95. The second kappa shape index (κ2) is 6.24. The number of hydrogen-bond acceptors (Lipinski definition) is 2. The number of carboxylic acid groups (broad SMARTS) is 1. The Kier molecular flexibility index (Phi) is 4.60. The first kappa shape index (κ1) is 15.5. The Morgan fingerprint density at radius 1 is 1.38 bits per heavy atom. The average Bonchev–Trinajstić information content (AvgIpc) is 2.83. The normalized spacial score (nSPS) is 23.1. The molecule has 1 amide bonds. The van der Waals surface area contributed by atoms with Crippen LogP contribution in [0.1, 0.15) is 38.2 Å². The van der Waals surface area contributed by atoms with Crippen LogP contribution in [0.3, 0.4) is 0 Å². The minimum absolute atomic E-state index is 0.0691. The molecule has 1 aromatic carbocycles. The van der Waals surface area contributed by atoms with Crippen LogP contribution in [0.5, 0.6) is 0 Å². The molecule has 0 spiro atoms. The van der Waals surface area contributed by atoms with Gasteiger partial charge in [0.2, 0.25) is 5.91 Å². The Morgan fingerprint density at radius 3 is 2.48 bits per heavy atom. The van der Waals surface area contributed by atoms with Crippen LogP contribution in [0.15, 0.2) is 24.3 Å². The monoisotopic (exact) mass is 293 g/mol. The summed E-state index contributed by atoms with van der Waals surface area (Å²) in [5, 5.41) is 9.15. The number of halogens is 1. The SMILES string of the molecule is CCC(C(=O)N1CCC(C(=O)O)C1C)c1ccc(F)cc1. The molecule has 3 atom stereocenters. The molecular weight excluding hydrogens is 273 g/mol. The summed E-state index contributed by atoms with van der Waals surface area (Å²) in [5.74, 6) is -2.10. The lowest BCUT2D eigenvalue weighted by atomic mass is 9.94. The van der Waals surface area contributed by atoms with Crippen molar-refractivity contribution in [1.82, 2.24) is 4.90 Å². The maximum atomic E-state index is 13.0. The van der Waals surface area contributed by atoms with Crippen molar-refractivity contribution in [2.75, 3.05) is 6.54 Å². The molecule has 1 aliphatic rings. The molecule has 21 heavy (non-hydrogen) atoms. The van der Waals surface area contributed by atoms with E-state index in [1.54, 1.807) is 24.0 Å². The van der Waals surface area contributed by atoms with Gasteiger partial charge in [-0.15, -0.1) is 0 Å². The van der Waals surface area contributed by atoms with Crippen molar-refractivity contribution < 1.29 is 19.1 Å². The van der Waals surface area contributed by atoms with Crippen molar-refractivity contribution >= 4 is 11.9 Å². The molecule has 0 aliphatic carbocycles. The maximum absolute atomic E-state index is 13.0. The number of nitrogens with zero attached hydrogens (tertiary/aromatic N) is 1. The zero-order valence-corrected chi connectivity index (χ0v) is 12.3. The minimum atomic E-state index is -0.854. The molecular formula is C16H20FNO3. The van der Waals surface area contributed by atoms with Gasteiger partial charge in [-0.2, -0.15) is 0 Å². The van der Waals surface area contributed by atoms with Gasteiger partial charge in [-0.3, -0.25) is 9.59 Å². The summed E-state index contributed by atoms with van der Waals surface area (Å²) < 4.78 is 13.0. The van der Waals surface area contributed by atoms with Gasteiger partial charge in [0.15, 0.2) is 0 Å². The number of rotatable bonds is 4. The van der Waals surface area contributed by atoms with Crippen molar-refractivity contribution in [3.63, 3.8) is 0 Å². The smallest absolute Gasteiger partial charge is 0.308 e. The first-order valence-corrected chi connectivity index (χ1v) is 7.24. The van der Waals surface area contributed by atoms with Gasteiger partial charge in [0.05, 0.1) is 11.8 Å². The Bertz CT molecular complexity index is 529. The van der Waals surface area contributed by atoms with Crippen molar-refractivity contribution in [2.24, 2.45) is 5.92 Å². The summed E-state index contributed by atoms with van der Waals surface area (Å²) in [7, 11) is 0. The zero-order chi connectivity index (χ0) is 15.6. The van der Waals surface area contributed by atoms with Crippen LogP contribution in [0.25, 0.3) is 0 Å². The lowest BCUT2D eigenvalue weighted by molar-refractivity contribution is -0.143. The molecule has 4 nitrogen and oxygen atoms in total. The van der Waals surface area contributed by atoms with E-state index in [2.05, 4.69) is 0 Å². The number of carbonyl (C=O) groups is 2. The van der Waals surface area contributed by atoms with Crippen LogP contribution < -0.4 is 0 Å². The Hall–Kier alpha value is -1.91. The van der Waals surface area contributed by atoms with E-state index in [9.17, 15) is 14.0 Å².